The fourth-order valence-corrected chi connectivity index (χ4v) is 8.33. The second-order valence-corrected chi connectivity index (χ2v) is 14.8. The van der Waals surface area contributed by atoms with Crippen molar-refractivity contribution in [2.45, 2.75) is 44.9 Å². The first kappa shape index (κ1) is 38.8. The summed E-state index contributed by atoms with van der Waals surface area (Å²) >= 11 is 0. The van der Waals surface area contributed by atoms with E-state index < -0.39 is 17.8 Å². The Morgan fingerprint density at radius 1 is 0.593 bits per heavy atom. The van der Waals surface area contributed by atoms with E-state index in [0.717, 1.165) is 10.8 Å². The number of anilines is 2. The number of nitrogens with zero attached hydrogens (tertiary/aromatic N) is 2. The highest BCUT2D eigenvalue weighted by atomic mass is 16.6. The first-order valence-electron chi connectivity index (χ1n) is 19.7. The Kier molecular flexibility index (Phi) is 10.8. The second-order valence-electron chi connectivity index (χ2n) is 14.8. The molecule has 0 saturated heterocycles. The Bertz CT molecular complexity index is 2620. The lowest BCUT2D eigenvalue weighted by Crippen LogP contribution is -2.40. The summed E-state index contributed by atoms with van der Waals surface area (Å²) in [5, 5.41) is 2.90. The average Bonchev–Trinajstić information content (AvgIpc) is 3.27. The summed E-state index contributed by atoms with van der Waals surface area (Å²) in [5.74, 6) is -0.394. The highest BCUT2D eigenvalue weighted by Crippen LogP contribution is 2.43. The lowest BCUT2D eigenvalue weighted by atomic mass is 9.80. The zero-order chi connectivity index (χ0) is 41.2. The zero-order valence-electron chi connectivity index (χ0n) is 32.9. The lowest BCUT2D eigenvalue weighted by molar-refractivity contribution is -0.139. The van der Waals surface area contributed by atoms with Gasteiger partial charge in [-0.2, -0.15) is 0 Å². The van der Waals surface area contributed by atoms with Crippen molar-refractivity contribution in [2.24, 2.45) is 0 Å². The van der Waals surface area contributed by atoms with Crippen LogP contribution in [0.15, 0.2) is 127 Å². The summed E-state index contributed by atoms with van der Waals surface area (Å²) in [6.45, 7) is 5.20. The third kappa shape index (κ3) is 7.11. The van der Waals surface area contributed by atoms with Crippen LogP contribution >= 0.6 is 0 Å². The molecule has 0 bridgehead atoms. The first-order chi connectivity index (χ1) is 28.7. The van der Waals surface area contributed by atoms with Crippen LogP contribution in [0.5, 0.6) is 11.5 Å². The predicted molar refractivity (Wildman–Crippen MR) is 227 cm³/mol. The van der Waals surface area contributed by atoms with E-state index in [-0.39, 0.29) is 25.0 Å². The molecular weight excluding hydrogens is 745 g/mol. The van der Waals surface area contributed by atoms with Gasteiger partial charge in [0, 0.05) is 38.6 Å². The number of carbonyl (C=O) groups is 5. The predicted octanol–water partition coefficient (Wildman–Crippen LogP) is 9.84. The molecule has 0 N–H and O–H groups in total. The highest BCUT2D eigenvalue weighted by Gasteiger charge is 2.37. The van der Waals surface area contributed by atoms with Gasteiger partial charge in [0.05, 0.1) is 23.9 Å². The van der Waals surface area contributed by atoms with E-state index in [0.29, 0.717) is 67.4 Å². The van der Waals surface area contributed by atoms with Crippen molar-refractivity contribution in [3.8, 4) is 11.5 Å². The van der Waals surface area contributed by atoms with Crippen molar-refractivity contribution >= 4 is 62.5 Å². The summed E-state index contributed by atoms with van der Waals surface area (Å²) in [5.41, 5.74) is 4.71. The smallest absolute Gasteiger partial charge is 0.333 e. The quantitative estimate of drug-likeness (QED) is 0.0615. The summed E-state index contributed by atoms with van der Waals surface area (Å²) in [6, 6.07) is 34.5. The maximum Gasteiger partial charge on any atom is 0.333 e. The van der Waals surface area contributed by atoms with Gasteiger partial charge in [-0.15, -0.1) is 0 Å². The molecule has 9 rings (SSSR count). The molecule has 6 aromatic carbocycles. The number of carbonyl (C=O) groups excluding carboxylic acids is 5. The number of esters is 1. The molecule has 0 spiro atoms. The van der Waals surface area contributed by atoms with Gasteiger partial charge in [0.1, 0.15) is 24.7 Å². The van der Waals surface area contributed by atoms with E-state index in [2.05, 4.69) is 18.7 Å². The number of ether oxygens (including phenoxy) is 3. The molecule has 6 aromatic rings. The van der Waals surface area contributed by atoms with Crippen molar-refractivity contribution < 1.29 is 38.2 Å². The molecule has 0 aromatic heterocycles. The number of imide groups is 2. The van der Waals surface area contributed by atoms with E-state index in [9.17, 15) is 24.0 Å². The molecule has 10 heteroatoms. The van der Waals surface area contributed by atoms with Crippen LogP contribution in [0.1, 0.15) is 91.9 Å². The van der Waals surface area contributed by atoms with Gasteiger partial charge in [0.15, 0.2) is 0 Å². The minimum Gasteiger partial charge on any atom is -0.496 e. The normalized spacial score (nSPS) is 14.9. The molecule has 296 valence electrons. The topological polar surface area (TPSA) is 120 Å². The van der Waals surface area contributed by atoms with E-state index in [1.165, 1.54) is 54.6 Å². The molecule has 10 nitrogen and oxygen atoms in total. The van der Waals surface area contributed by atoms with Gasteiger partial charge in [-0.05, 0) is 97.3 Å². The number of methoxy groups -OCH3 is 1. The average molecular weight is 787 g/mol. The third-order valence-corrected chi connectivity index (χ3v) is 11.1. The molecule has 1 saturated carbocycles. The Balaban J connectivity index is 0.000000166. The highest BCUT2D eigenvalue weighted by molar-refractivity contribution is 6.37. The first-order valence-corrected chi connectivity index (χ1v) is 19.7. The van der Waals surface area contributed by atoms with Crippen LogP contribution in [-0.2, 0) is 9.53 Å². The number of hydrogen-bond donors (Lipinski definition) is 0. The van der Waals surface area contributed by atoms with Crippen LogP contribution in [0.3, 0.4) is 0 Å². The van der Waals surface area contributed by atoms with E-state index in [1.54, 1.807) is 67.6 Å². The molecule has 59 heavy (non-hydrogen) atoms. The lowest BCUT2D eigenvalue weighted by Gasteiger charge is -2.29. The van der Waals surface area contributed by atoms with E-state index >= 15 is 0 Å². The number of hydrogen-bond acceptors (Lipinski definition) is 8. The Morgan fingerprint density at radius 2 is 1.12 bits per heavy atom. The van der Waals surface area contributed by atoms with Gasteiger partial charge in [-0.3, -0.25) is 19.2 Å². The number of amides is 4. The Hall–Kier alpha value is -7.07. The van der Waals surface area contributed by atoms with Crippen molar-refractivity contribution in [2.75, 3.05) is 30.1 Å². The van der Waals surface area contributed by atoms with Gasteiger partial charge in [-0.25, -0.2) is 14.6 Å². The molecule has 1 fully saturated rings. The monoisotopic (exact) mass is 786 g/mol. The molecule has 0 radical (unpaired) electrons. The minimum atomic E-state index is -0.500. The van der Waals surface area contributed by atoms with Crippen LogP contribution in [0.25, 0.3) is 21.5 Å². The summed E-state index contributed by atoms with van der Waals surface area (Å²) in [7, 11) is 1.51. The van der Waals surface area contributed by atoms with Crippen LogP contribution in [0, 0.1) is 0 Å². The number of para-hydroxylation sites is 2. The van der Waals surface area contributed by atoms with Crippen LogP contribution in [0.2, 0.25) is 0 Å². The van der Waals surface area contributed by atoms with Crippen molar-refractivity contribution in [3.05, 3.63) is 155 Å². The largest absolute Gasteiger partial charge is 0.496 e. The Morgan fingerprint density at radius 3 is 1.68 bits per heavy atom. The molecule has 0 atom stereocenters. The molecule has 0 unspecified atom stereocenters. The fraction of sp³-hybridized carbons (Fsp3) is 0.204. The molecule has 1 aliphatic carbocycles. The van der Waals surface area contributed by atoms with Crippen molar-refractivity contribution in [3.63, 3.8) is 0 Å². The van der Waals surface area contributed by atoms with Gasteiger partial charge < -0.3 is 14.2 Å². The number of benzene rings is 6. The maximum atomic E-state index is 13.3. The molecule has 2 aliphatic heterocycles. The fourth-order valence-electron chi connectivity index (χ4n) is 8.33. The Labute approximate surface area is 341 Å². The van der Waals surface area contributed by atoms with Crippen molar-refractivity contribution in [1.82, 2.24) is 0 Å². The standard InChI is InChI=1S/C25H21NO6.C24H21NO2/c1-15(2)25(29)32-14-13-31-20-12-10-18-21-17(9-11-19(30-3)22(20)21)23(27)26(24(18)28)16-7-5-4-6-8-16;26-23-20-13-7-12-19-18(16-8-3-1-4-9-16)14-15-21(22(19)20)24(27)25(23)17-10-5-2-6-11-17/h4-12H,1,13-14H2,2-3H3;2,5-7,10-16H,1,3-4,8-9H2. The number of rotatable bonds is 9. The van der Waals surface area contributed by atoms with Gasteiger partial charge in [-0.1, -0.05) is 80.4 Å². The summed E-state index contributed by atoms with van der Waals surface area (Å²) in [4.78, 5) is 67.0. The summed E-state index contributed by atoms with van der Waals surface area (Å²) < 4.78 is 16.4. The van der Waals surface area contributed by atoms with Crippen LogP contribution in [-0.4, -0.2) is 49.9 Å². The van der Waals surface area contributed by atoms with Crippen molar-refractivity contribution in [1.29, 1.82) is 0 Å². The van der Waals surface area contributed by atoms with Gasteiger partial charge in [0.25, 0.3) is 23.6 Å². The summed E-state index contributed by atoms with van der Waals surface area (Å²) in [6.07, 6.45) is 6.20. The molecular formula is C49H42N2O8. The zero-order valence-corrected chi connectivity index (χ0v) is 32.9. The van der Waals surface area contributed by atoms with Crippen LogP contribution < -0.4 is 19.3 Å². The second kappa shape index (κ2) is 16.4. The van der Waals surface area contributed by atoms with Gasteiger partial charge in [0.2, 0.25) is 0 Å². The molecule has 2 heterocycles. The van der Waals surface area contributed by atoms with E-state index in [4.69, 9.17) is 14.2 Å². The molecule has 3 aliphatic rings. The maximum absolute atomic E-state index is 13.3. The van der Waals surface area contributed by atoms with Crippen LogP contribution in [0.4, 0.5) is 11.4 Å². The SMILES string of the molecule is C=C(C)C(=O)OCCOc1ccc2c3c(ccc(OC)c13)C(=O)N(c1ccccc1)C2=O.O=C1c2cccc3c(C4CCCCC4)ccc(c23)C(=O)N1c1ccccc1. The molecule has 4 amide bonds. The van der Waals surface area contributed by atoms with Gasteiger partial charge >= 0.3 is 5.97 Å². The van der Waals surface area contributed by atoms with E-state index in [1.807, 2.05) is 42.5 Å². The minimum absolute atomic E-state index is 0.0244. The third-order valence-electron chi connectivity index (χ3n) is 11.1.